The second kappa shape index (κ2) is 10.2. The molecule has 2 fully saturated rings. The van der Waals surface area contributed by atoms with Gasteiger partial charge in [0.2, 0.25) is 0 Å². The van der Waals surface area contributed by atoms with E-state index in [1.54, 1.807) is 0 Å². The number of fused-ring (bicyclic) bond motifs is 1. The van der Waals surface area contributed by atoms with Crippen LogP contribution in [0.2, 0.25) is 0 Å². The van der Waals surface area contributed by atoms with Gasteiger partial charge in [0.25, 0.3) is 5.91 Å². The fourth-order valence-electron chi connectivity index (χ4n) is 5.15. The van der Waals surface area contributed by atoms with Gasteiger partial charge in [0.05, 0.1) is 6.54 Å². The van der Waals surface area contributed by atoms with E-state index in [4.69, 9.17) is 5.10 Å². The van der Waals surface area contributed by atoms with Crippen molar-refractivity contribution in [1.82, 2.24) is 20.0 Å². The zero-order valence-corrected chi connectivity index (χ0v) is 18.5. The van der Waals surface area contributed by atoms with Crippen LogP contribution in [0.1, 0.15) is 73.1 Å². The molecule has 1 saturated carbocycles. The smallest absolute Gasteiger partial charge is 0.274 e. The Kier molecular flexibility index (Phi) is 7.35. The Labute approximate surface area is 179 Å². The van der Waals surface area contributed by atoms with E-state index in [1.807, 2.05) is 27.4 Å². The summed E-state index contributed by atoms with van der Waals surface area (Å²) in [5, 5.41) is 8.75. The van der Waals surface area contributed by atoms with Crippen molar-refractivity contribution in [2.75, 3.05) is 24.6 Å². The lowest BCUT2D eigenvalue weighted by Gasteiger charge is -2.31. The van der Waals surface area contributed by atoms with E-state index in [0.29, 0.717) is 24.3 Å². The minimum absolute atomic E-state index is 0.135. The normalized spacial score (nSPS) is 23.9. The molecule has 0 aromatic carbocycles. The topological polar surface area (TPSA) is 50.2 Å². The van der Waals surface area contributed by atoms with Crippen LogP contribution in [0.25, 0.3) is 0 Å². The van der Waals surface area contributed by atoms with Crippen LogP contribution in [0.5, 0.6) is 0 Å². The molecule has 3 aliphatic rings. The summed E-state index contributed by atoms with van der Waals surface area (Å²) in [7, 11) is 0. The van der Waals surface area contributed by atoms with Gasteiger partial charge < -0.3 is 10.2 Å². The minimum Gasteiger partial charge on any atom is -0.336 e. The maximum Gasteiger partial charge on any atom is 0.274 e. The van der Waals surface area contributed by atoms with Crippen molar-refractivity contribution in [3.8, 4) is 0 Å². The number of nitrogens with zero attached hydrogens (tertiary/aromatic N) is 3. The lowest BCUT2D eigenvalue weighted by molar-refractivity contribution is 0.0764. The number of amides is 1. The molecule has 1 saturated heterocycles. The molecule has 1 amide bonds. The van der Waals surface area contributed by atoms with E-state index in [2.05, 4.69) is 11.9 Å². The molecule has 0 bridgehead atoms. The van der Waals surface area contributed by atoms with Crippen LogP contribution < -0.4 is 5.32 Å². The third-order valence-corrected chi connectivity index (χ3v) is 7.67. The number of aromatic nitrogens is 2. The van der Waals surface area contributed by atoms with Crippen LogP contribution >= 0.6 is 11.8 Å². The molecule has 1 aliphatic heterocycles. The number of rotatable bonds is 5. The van der Waals surface area contributed by atoms with Crippen LogP contribution in [-0.4, -0.2) is 57.3 Å². The SMILES string of the molecule is C=CCn1nc(C(=O)N2CCSCC2)c2c1CCC(NC1CCCCCCC1)C2. The van der Waals surface area contributed by atoms with Gasteiger partial charge in [0.1, 0.15) is 0 Å². The Morgan fingerprint density at radius 1 is 1.10 bits per heavy atom. The summed E-state index contributed by atoms with van der Waals surface area (Å²) in [6, 6.07) is 1.11. The summed E-state index contributed by atoms with van der Waals surface area (Å²) >= 11 is 1.93. The van der Waals surface area contributed by atoms with Gasteiger partial charge in [0.15, 0.2) is 5.69 Å². The molecule has 1 atom stereocenters. The van der Waals surface area contributed by atoms with Gasteiger partial charge in [-0.3, -0.25) is 9.48 Å². The van der Waals surface area contributed by atoms with Crippen LogP contribution in [0.4, 0.5) is 0 Å². The lowest BCUT2D eigenvalue weighted by atomic mass is 9.89. The molecule has 1 aromatic heterocycles. The molecule has 2 heterocycles. The first kappa shape index (κ1) is 21.0. The van der Waals surface area contributed by atoms with Crippen molar-refractivity contribution in [2.24, 2.45) is 0 Å². The van der Waals surface area contributed by atoms with E-state index < -0.39 is 0 Å². The molecule has 29 heavy (non-hydrogen) atoms. The molecule has 2 aliphatic carbocycles. The zero-order chi connectivity index (χ0) is 20.1. The molecular weight excluding hydrogens is 380 g/mol. The monoisotopic (exact) mass is 416 g/mol. The fourth-order valence-corrected chi connectivity index (χ4v) is 6.05. The van der Waals surface area contributed by atoms with Crippen molar-refractivity contribution < 1.29 is 4.79 Å². The van der Waals surface area contributed by atoms with Gasteiger partial charge in [-0.25, -0.2) is 0 Å². The second-order valence-corrected chi connectivity index (χ2v) is 10.0. The predicted molar refractivity (Wildman–Crippen MR) is 121 cm³/mol. The first-order chi connectivity index (χ1) is 14.3. The predicted octanol–water partition coefficient (Wildman–Crippen LogP) is 3.82. The molecule has 6 heteroatoms. The molecule has 0 radical (unpaired) electrons. The molecule has 4 rings (SSSR count). The number of thioether (sulfide) groups is 1. The first-order valence-electron chi connectivity index (χ1n) is 11.6. The van der Waals surface area contributed by atoms with E-state index in [0.717, 1.165) is 43.9 Å². The largest absolute Gasteiger partial charge is 0.336 e. The maximum atomic E-state index is 13.3. The summed E-state index contributed by atoms with van der Waals surface area (Å²) in [6.07, 6.45) is 14.4. The first-order valence-corrected chi connectivity index (χ1v) is 12.7. The number of allylic oxidation sites excluding steroid dienone is 1. The summed E-state index contributed by atoms with van der Waals surface area (Å²) in [5.74, 6) is 2.20. The number of hydrogen-bond donors (Lipinski definition) is 1. The quantitative estimate of drug-likeness (QED) is 0.742. The van der Waals surface area contributed by atoms with Crippen LogP contribution in [-0.2, 0) is 19.4 Å². The maximum absolute atomic E-state index is 13.3. The van der Waals surface area contributed by atoms with Crippen LogP contribution in [0, 0.1) is 0 Å². The highest BCUT2D eigenvalue weighted by Crippen LogP contribution is 2.28. The van der Waals surface area contributed by atoms with E-state index in [9.17, 15) is 4.79 Å². The highest BCUT2D eigenvalue weighted by molar-refractivity contribution is 7.99. The summed E-state index contributed by atoms with van der Waals surface area (Å²) < 4.78 is 2.03. The van der Waals surface area contributed by atoms with Gasteiger partial charge in [-0.15, -0.1) is 6.58 Å². The van der Waals surface area contributed by atoms with Crippen molar-refractivity contribution in [3.63, 3.8) is 0 Å². The lowest BCUT2D eigenvalue weighted by Crippen LogP contribution is -2.43. The summed E-state index contributed by atoms with van der Waals surface area (Å²) in [4.78, 5) is 15.3. The Morgan fingerprint density at radius 3 is 2.55 bits per heavy atom. The third-order valence-electron chi connectivity index (χ3n) is 6.73. The molecule has 0 spiro atoms. The van der Waals surface area contributed by atoms with Gasteiger partial charge in [-0.1, -0.05) is 38.2 Å². The number of carbonyl (C=O) groups excluding carboxylic acids is 1. The standard InChI is InChI=1S/C23H36N4OS/c1-2-12-27-21-11-10-19(24-18-8-6-4-3-5-7-9-18)17-20(21)22(25-27)23(28)26-13-15-29-16-14-26/h2,18-19,24H,1,3-17H2. The van der Waals surface area contributed by atoms with Crippen molar-refractivity contribution in [1.29, 1.82) is 0 Å². The van der Waals surface area contributed by atoms with Gasteiger partial charge in [-0.2, -0.15) is 16.9 Å². The van der Waals surface area contributed by atoms with Gasteiger partial charge in [-0.05, 0) is 32.1 Å². The second-order valence-electron chi connectivity index (χ2n) is 8.80. The zero-order valence-electron chi connectivity index (χ0n) is 17.7. The Balaban J connectivity index is 1.50. The molecule has 160 valence electrons. The van der Waals surface area contributed by atoms with Crippen molar-refractivity contribution >= 4 is 17.7 Å². The van der Waals surface area contributed by atoms with Crippen LogP contribution in [0.15, 0.2) is 12.7 Å². The van der Waals surface area contributed by atoms with Gasteiger partial charge in [0, 0.05) is 47.9 Å². The Hall–Kier alpha value is -1.27. The fraction of sp³-hybridized carbons (Fsp3) is 0.739. The summed E-state index contributed by atoms with van der Waals surface area (Å²) in [6.45, 7) is 6.26. The molecule has 1 unspecified atom stereocenters. The van der Waals surface area contributed by atoms with E-state index >= 15 is 0 Å². The molecule has 1 N–H and O–H groups in total. The average Bonchev–Trinajstić information content (AvgIpc) is 3.08. The number of carbonyl (C=O) groups is 1. The Bertz CT molecular complexity index is 702. The Morgan fingerprint density at radius 2 is 1.83 bits per heavy atom. The average molecular weight is 417 g/mol. The van der Waals surface area contributed by atoms with Crippen LogP contribution in [0.3, 0.4) is 0 Å². The minimum atomic E-state index is 0.135. The van der Waals surface area contributed by atoms with Gasteiger partial charge >= 0.3 is 0 Å². The van der Waals surface area contributed by atoms with E-state index in [1.165, 1.54) is 56.2 Å². The number of nitrogens with one attached hydrogen (secondary N) is 1. The molecular formula is C23H36N4OS. The highest BCUT2D eigenvalue weighted by atomic mass is 32.2. The third kappa shape index (κ3) is 5.08. The molecule has 5 nitrogen and oxygen atoms in total. The highest BCUT2D eigenvalue weighted by Gasteiger charge is 2.32. The molecule has 1 aromatic rings. The van der Waals surface area contributed by atoms with E-state index in [-0.39, 0.29) is 5.91 Å². The van der Waals surface area contributed by atoms with Crippen molar-refractivity contribution in [3.05, 3.63) is 29.6 Å². The summed E-state index contributed by atoms with van der Waals surface area (Å²) in [5.41, 5.74) is 3.16. The van der Waals surface area contributed by atoms with Crippen molar-refractivity contribution in [2.45, 2.75) is 82.8 Å². The number of hydrogen-bond acceptors (Lipinski definition) is 4.